The summed E-state index contributed by atoms with van der Waals surface area (Å²) < 4.78 is 37.9. The van der Waals surface area contributed by atoms with Crippen molar-refractivity contribution in [1.82, 2.24) is 5.32 Å². The number of halogens is 4. The van der Waals surface area contributed by atoms with Crippen LogP contribution in [0.25, 0.3) is 0 Å². The van der Waals surface area contributed by atoms with E-state index >= 15 is 0 Å². The quantitative estimate of drug-likeness (QED) is 0.410. The Morgan fingerprint density at radius 1 is 0.875 bits per heavy atom. The number of hydrogen-bond donors (Lipinski definition) is 5. The van der Waals surface area contributed by atoms with Crippen LogP contribution < -0.4 is 16.0 Å². The van der Waals surface area contributed by atoms with Crippen LogP contribution >= 0.6 is 11.6 Å². The van der Waals surface area contributed by atoms with E-state index in [9.17, 15) is 13.2 Å². The van der Waals surface area contributed by atoms with E-state index in [2.05, 4.69) is 16.0 Å². The van der Waals surface area contributed by atoms with Crippen molar-refractivity contribution in [2.75, 3.05) is 10.6 Å². The molecule has 0 saturated carbocycles. The van der Waals surface area contributed by atoms with Gasteiger partial charge in [-0.2, -0.15) is 13.2 Å². The smallest absolute Gasteiger partial charge is 0.326 e. The third kappa shape index (κ3) is 5.17. The minimum absolute atomic E-state index is 0.0848. The summed E-state index contributed by atoms with van der Waals surface area (Å²) in [5, 5.41) is 23.4. The minimum atomic E-state index is -4.46. The molecule has 0 aliphatic heterocycles. The fourth-order valence-corrected chi connectivity index (χ4v) is 1.91. The van der Waals surface area contributed by atoms with Gasteiger partial charge in [0.25, 0.3) is 0 Å². The molecule has 126 valence electrons. The number of guanidine groups is 2. The molecule has 0 aliphatic rings. The lowest BCUT2D eigenvalue weighted by molar-refractivity contribution is -0.137. The second kappa shape index (κ2) is 7.22. The molecule has 0 aromatic heterocycles. The van der Waals surface area contributed by atoms with E-state index in [1.807, 2.05) is 0 Å². The van der Waals surface area contributed by atoms with Gasteiger partial charge < -0.3 is 10.6 Å². The Kier molecular flexibility index (Phi) is 5.30. The molecule has 0 saturated heterocycles. The molecule has 2 aromatic rings. The third-order valence-corrected chi connectivity index (χ3v) is 3.07. The molecule has 2 rings (SSSR count). The molecule has 5 nitrogen and oxygen atoms in total. The monoisotopic (exact) mass is 355 g/mol. The zero-order valence-corrected chi connectivity index (χ0v) is 12.9. The average Bonchev–Trinajstić information content (AvgIpc) is 2.49. The highest BCUT2D eigenvalue weighted by atomic mass is 35.5. The topological polar surface area (TPSA) is 83.8 Å². The van der Waals surface area contributed by atoms with Crippen LogP contribution in [-0.4, -0.2) is 11.9 Å². The highest BCUT2D eigenvalue weighted by Crippen LogP contribution is 2.30. The molecule has 0 bridgehead atoms. The maximum absolute atomic E-state index is 12.6. The van der Waals surface area contributed by atoms with Crippen LogP contribution in [0.15, 0.2) is 48.5 Å². The van der Waals surface area contributed by atoms with Gasteiger partial charge in [-0.1, -0.05) is 17.7 Å². The summed E-state index contributed by atoms with van der Waals surface area (Å²) in [5.41, 5.74) is -0.167. The summed E-state index contributed by atoms with van der Waals surface area (Å²) in [7, 11) is 0. The van der Waals surface area contributed by atoms with Crippen LogP contribution in [0.4, 0.5) is 24.5 Å². The molecule has 0 unspecified atom stereocenters. The number of nitrogens with one attached hydrogen (secondary N) is 5. The standard InChI is InChI=1S/C15H13ClF3N5/c16-10-4-6-11(7-5-10)22-13(20)24-14(21)23-12-3-1-2-9(8-12)15(17,18)19/h1-8H,(H5,20,21,22,23,24). The molecule has 0 spiro atoms. The molecule has 0 amide bonds. The van der Waals surface area contributed by atoms with Crippen molar-refractivity contribution in [2.45, 2.75) is 6.18 Å². The normalized spacial score (nSPS) is 10.8. The Morgan fingerprint density at radius 3 is 2.04 bits per heavy atom. The van der Waals surface area contributed by atoms with Gasteiger partial charge in [-0.3, -0.25) is 16.1 Å². The summed E-state index contributed by atoms with van der Waals surface area (Å²) in [4.78, 5) is 0. The predicted octanol–water partition coefficient (Wildman–Crippen LogP) is 4.34. The van der Waals surface area contributed by atoms with Gasteiger partial charge in [0.2, 0.25) is 0 Å². The predicted molar refractivity (Wildman–Crippen MR) is 88.7 cm³/mol. The van der Waals surface area contributed by atoms with Crippen LogP contribution in [-0.2, 0) is 6.18 Å². The Bertz CT molecular complexity index is 744. The SMILES string of the molecule is N=C(NC(=N)Nc1cccc(C(F)(F)F)c1)Nc1ccc(Cl)cc1. The Balaban J connectivity index is 1.93. The zero-order valence-electron chi connectivity index (χ0n) is 12.1. The van der Waals surface area contributed by atoms with Gasteiger partial charge in [0.15, 0.2) is 11.9 Å². The van der Waals surface area contributed by atoms with E-state index in [1.54, 1.807) is 24.3 Å². The lowest BCUT2D eigenvalue weighted by Gasteiger charge is -2.14. The van der Waals surface area contributed by atoms with E-state index in [4.69, 9.17) is 22.4 Å². The number of rotatable bonds is 2. The van der Waals surface area contributed by atoms with E-state index in [0.29, 0.717) is 10.7 Å². The van der Waals surface area contributed by atoms with Crippen LogP contribution in [0.5, 0.6) is 0 Å². The van der Waals surface area contributed by atoms with E-state index < -0.39 is 11.7 Å². The van der Waals surface area contributed by atoms with Gasteiger partial charge in [-0.05, 0) is 42.5 Å². The minimum Gasteiger partial charge on any atom is -0.326 e. The maximum atomic E-state index is 12.6. The zero-order chi connectivity index (χ0) is 17.7. The molecule has 5 N–H and O–H groups in total. The van der Waals surface area contributed by atoms with Gasteiger partial charge in [0.1, 0.15) is 0 Å². The van der Waals surface area contributed by atoms with Gasteiger partial charge >= 0.3 is 6.18 Å². The second-order valence-corrected chi connectivity index (χ2v) is 5.15. The van der Waals surface area contributed by atoms with Gasteiger partial charge in [0.05, 0.1) is 5.56 Å². The Labute approximate surface area is 140 Å². The first-order valence-corrected chi connectivity index (χ1v) is 7.03. The lowest BCUT2D eigenvalue weighted by atomic mass is 10.2. The van der Waals surface area contributed by atoms with Crippen molar-refractivity contribution >= 4 is 34.9 Å². The Morgan fingerprint density at radius 2 is 1.46 bits per heavy atom. The number of benzene rings is 2. The molecule has 0 aliphatic carbocycles. The maximum Gasteiger partial charge on any atom is 0.416 e. The van der Waals surface area contributed by atoms with Crippen LogP contribution in [0.2, 0.25) is 5.02 Å². The number of anilines is 2. The molecular weight excluding hydrogens is 343 g/mol. The first-order chi connectivity index (χ1) is 11.2. The van der Waals surface area contributed by atoms with Gasteiger partial charge in [-0.15, -0.1) is 0 Å². The van der Waals surface area contributed by atoms with Crippen LogP contribution in [0.3, 0.4) is 0 Å². The Hall–Kier alpha value is -2.74. The van der Waals surface area contributed by atoms with E-state index in [-0.39, 0.29) is 17.6 Å². The van der Waals surface area contributed by atoms with Crippen molar-refractivity contribution in [3.63, 3.8) is 0 Å². The van der Waals surface area contributed by atoms with Crippen molar-refractivity contribution in [1.29, 1.82) is 10.8 Å². The summed E-state index contributed by atoms with van der Waals surface area (Å²) in [6.45, 7) is 0. The van der Waals surface area contributed by atoms with Crippen molar-refractivity contribution < 1.29 is 13.2 Å². The van der Waals surface area contributed by atoms with E-state index in [1.165, 1.54) is 12.1 Å². The van der Waals surface area contributed by atoms with Crippen molar-refractivity contribution in [3.05, 3.63) is 59.1 Å². The first-order valence-electron chi connectivity index (χ1n) is 6.65. The molecule has 0 radical (unpaired) electrons. The van der Waals surface area contributed by atoms with Crippen LogP contribution in [0, 0.1) is 10.8 Å². The van der Waals surface area contributed by atoms with Crippen molar-refractivity contribution in [2.24, 2.45) is 0 Å². The summed E-state index contributed by atoms with van der Waals surface area (Å²) >= 11 is 5.75. The summed E-state index contributed by atoms with van der Waals surface area (Å²) in [5.74, 6) is -0.567. The molecule has 0 atom stereocenters. The molecule has 24 heavy (non-hydrogen) atoms. The molecule has 9 heteroatoms. The highest BCUT2D eigenvalue weighted by Gasteiger charge is 2.30. The molecule has 0 fully saturated rings. The second-order valence-electron chi connectivity index (χ2n) is 4.71. The van der Waals surface area contributed by atoms with Gasteiger partial charge in [0, 0.05) is 16.4 Å². The third-order valence-electron chi connectivity index (χ3n) is 2.82. The highest BCUT2D eigenvalue weighted by molar-refractivity contribution is 6.30. The fourth-order valence-electron chi connectivity index (χ4n) is 1.78. The first kappa shape index (κ1) is 17.6. The van der Waals surface area contributed by atoms with Crippen LogP contribution in [0.1, 0.15) is 5.56 Å². The summed E-state index contributed by atoms with van der Waals surface area (Å²) in [6, 6.07) is 11.0. The molecule has 0 heterocycles. The fraction of sp³-hybridized carbons (Fsp3) is 0.0667. The van der Waals surface area contributed by atoms with E-state index in [0.717, 1.165) is 12.1 Å². The summed E-state index contributed by atoms with van der Waals surface area (Å²) in [6.07, 6.45) is -4.46. The largest absolute Gasteiger partial charge is 0.416 e. The van der Waals surface area contributed by atoms with Gasteiger partial charge in [-0.25, -0.2) is 0 Å². The number of hydrogen-bond acceptors (Lipinski definition) is 2. The van der Waals surface area contributed by atoms with Crippen molar-refractivity contribution in [3.8, 4) is 0 Å². The number of alkyl halides is 3. The molecular formula is C15H13ClF3N5. The average molecular weight is 356 g/mol. The lowest BCUT2D eigenvalue weighted by Crippen LogP contribution is -2.38. The molecule has 2 aromatic carbocycles.